The fraction of sp³-hybridized carbons (Fsp3) is 0.688. The quantitative estimate of drug-likeness (QED) is 0.707. The molecule has 2 rings (SSSR count). The van der Waals surface area contributed by atoms with Gasteiger partial charge in [0.25, 0.3) is 0 Å². The third kappa shape index (κ3) is 3.85. The molecule has 0 radical (unpaired) electrons. The number of pyridine rings is 1. The molecular formula is C16H25ClN2. The Bertz CT molecular complexity index is 386. The monoisotopic (exact) mass is 280 g/mol. The van der Waals surface area contributed by atoms with E-state index in [1.807, 2.05) is 12.4 Å². The van der Waals surface area contributed by atoms with Crippen LogP contribution in [0, 0.1) is 5.92 Å². The van der Waals surface area contributed by atoms with Gasteiger partial charge in [0, 0.05) is 36.2 Å². The second kappa shape index (κ2) is 7.14. The lowest BCUT2D eigenvalue weighted by molar-refractivity contribution is 0.527. The van der Waals surface area contributed by atoms with Gasteiger partial charge in [-0.1, -0.05) is 26.7 Å². The standard InChI is InChI=1S/C16H25ClN2/c1-13(2)8-10-19(15-5-3-4-6-15)16-7-9-18-12-14(16)11-17/h7,9,12-13,15H,3-6,8,10-11H2,1-2H3. The molecule has 1 heterocycles. The molecule has 0 saturated heterocycles. The average Bonchev–Trinajstić information content (AvgIpc) is 2.93. The molecular weight excluding hydrogens is 256 g/mol. The van der Waals surface area contributed by atoms with E-state index in [4.69, 9.17) is 11.6 Å². The number of aromatic nitrogens is 1. The molecule has 1 aromatic rings. The lowest BCUT2D eigenvalue weighted by atomic mass is 10.1. The molecule has 0 amide bonds. The van der Waals surface area contributed by atoms with Crippen molar-refractivity contribution < 1.29 is 0 Å². The van der Waals surface area contributed by atoms with Crippen molar-refractivity contribution >= 4 is 17.3 Å². The summed E-state index contributed by atoms with van der Waals surface area (Å²) < 4.78 is 0. The SMILES string of the molecule is CC(C)CCN(c1ccncc1CCl)C1CCCC1. The number of hydrogen-bond acceptors (Lipinski definition) is 2. The van der Waals surface area contributed by atoms with E-state index in [1.54, 1.807) is 0 Å². The molecule has 1 aliphatic rings. The van der Waals surface area contributed by atoms with Gasteiger partial charge in [-0.3, -0.25) is 4.98 Å². The Kier molecular flexibility index (Phi) is 5.50. The largest absolute Gasteiger partial charge is 0.368 e. The van der Waals surface area contributed by atoms with Gasteiger partial charge in [0.1, 0.15) is 0 Å². The van der Waals surface area contributed by atoms with Crippen LogP contribution in [0.2, 0.25) is 0 Å². The molecule has 19 heavy (non-hydrogen) atoms. The van der Waals surface area contributed by atoms with Crippen LogP contribution < -0.4 is 4.90 Å². The highest BCUT2D eigenvalue weighted by Gasteiger charge is 2.24. The van der Waals surface area contributed by atoms with Crippen LogP contribution in [0.15, 0.2) is 18.5 Å². The summed E-state index contributed by atoms with van der Waals surface area (Å²) in [5.41, 5.74) is 2.47. The van der Waals surface area contributed by atoms with Crippen LogP contribution in [0.5, 0.6) is 0 Å². The van der Waals surface area contributed by atoms with Crippen molar-refractivity contribution in [2.75, 3.05) is 11.4 Å². The van der Waals surface area contributed by atoms with Crippen LogP contribution in [-0.4, -0.2) is 17.6 Å². The summed E-state index contributed by atoms with van der Waals surface area (Å²) in [4.78, 5) is 6.80. The van der Waals surface area contributed by atoms with E-state index >= 15 is 0 Å². The van der Waals surface area contributed by atoms with Gasteiger partial charge in [-0.05, 0) is 31.2 Å². The molecule has 3 heteroatoms. The highest BCUT2D eigenvalue weighted by Crippen LogP contribution is 2.31. The van der Waals surface area contributed by atoms with Crippen LogP contribution in [0.4, 0.5) is 5.69 Å². The predicted octanol–water partition coefficient (Wildman–Crippen LogP) is 4.62. The van der Waals surface area contributed by atoms with Gasteiger partial charge < -0.3 is 4.90 Å². The van der Waals surface area contributed by atoms with E-state index in [9.17, 15) is 0 Å². The lowest BCUT2D eigenvalue weighted by Gasteiger charge is -2.33. The Hall–Kier alpha value is -0.760. The summed E-state index contributed by atoms with van der Waals surface area (Å²) in [6.45, 7) is 5.72. The zero-order valence-electron chi connectivity index (χ0n) is 12.1. The van der Waals surface area contributed by atoms with E-state index in [-0.39, 0.29) is 0 Å². The lowest BCUT2D eigenvalue weighted by Crippen LogP contribution is -2.35. The highest BCUT2D eigenvalue weighted by molar-refractivity contribution is 6.17. The number of halogens is 1. The topological polar surface area (TPSA) is 16.1 Å². The predicted molar refractivity (Wildman–Crippen MR) is 82.9 cm³/mol. The molecule has 0 N–H and O–H groups in total. The maximum Gasteiger partial charge on any atom is 0.0509 e. The minimum absolute atomic E-state index is 0.550. The van der Waals surface area contributed by atoms with Crippen LogP contribution in [-0.2, 0) is 5.88 Å². The molecule has 0 unspecified atom stereocenters. The van der Waals surface area contributed by atoms with E-state index < -0.39 is 0 Å². The Morgan fingerprint density at radius 2 is 2.11 bits per heavy atom. The molecule has 1 saturated carbocycles. The van der Waals surface area contributed by atoms with Crippen LogP contribution in [0.25, 0.3) is 0 Å². The summed E-state index contributed by atoms with van der Waals surface area (Å²) in [5.74, 6) is 1.29. The first-order valence-corrected chi connectivity index (χ1v) is 8.01. The maximum absolute atomic E-state index is 6.08. The first-order chi connectivity index (χ1) is 9.22. The molecule has 1 fully saturated rings. The second-order valence-corrected chi connectivity index (χ2v) is 6.22. The molecule has 106 valence electrons. The maximum atomic E-state index is 6.08. The Morgan fingerprint density at radius 3 is 2.74 bits per heavy atom. The first-order valence-electron chi connectivity index (χ1n) is 7.48. The van der Waals surface area contributed by atoms with Crippen LogP contribution in [0.1, 0.15) is 51.5 Å². The fourth-order valence-corrected chi connectivity index (χ4v) is 3.12. The Morgan fingerprint density at radius 1 is 1.37 bits per heavy atom. The Balaban J connectivity index is 2.19. The molecule has 0 bridgehead atoms. The third-order valence-electron chi connectivity index (χ3n) is 4.04. The molecule has 2 nitrogen and oxygen atoms in total. The average molecular weight is 281 g/mol. The van der Waals surface area contributed by atoms with E-state index in [1.165, 1.54) is 43.4 Å². The van der Waals surface area contributed by atoms with Crippen molar-refractivity contribution in [3.63, 3.8) is 0 Å². The normalized spacial score (nSPS) is 16.2. The fourth-order valence-electron chi connectivity index (χ4n) is 2.92. The van der Waals surface area contributed by atoms with Crippen molar-refractivity contribution in [2.45, 2.75) is 57.9 Å². The van der Waals surface area contributed by atoms with E-state index in [0.717, 1.165) is 12.5 Å². The van der Waals surface area contributed by atoms with Crippen molar-refractivity contribution in [2.24, 2.45) is 5.92 Å². The summed E-state index contributed by atoms with van der Waals surface area (Å²) in [7, 11) is 0. The minimum atomic E-state index is 0.550. The Labute approximate surface area is 122 Å². The van der Waals surface area contributed by atoms with Crippen LogP contribution in [0.3, 0.4) is 0 Å². The zero-order valence-corrected chi connectivity index (χ0v) is 12.9. The first kappa shape index (κ1) is 14.6. The van der Waals surface area contributed by atoms with Crippen molar-refractivity contribution in [3.8, 4) is 0 Å². The highest BCUT2D eigenvalue weighted by atomic mass is 35.5. The van der Waals surface area contributed by atoms with Crippen molar-refractivity contribution in [3.05, 3.63) is 24.0 Å². The smallest absolute Gasteiger partial charge is 0.0509 e. The van der Waals surface area contributed by atoms with Gasteiger partial charge in [-0.25, -0.2) is 0 Å². The van der Waals surface area contributed by atoms with Crippen molar-refractivity contribution in [1.82, 2.24) is 4.98 Å². The third-order valence-corrected chi connectivity index (χ3v) is 4.33. The minimum Gasteiger partial charge on any atom is -0.368 e. The molecule has 0 atom stereocenters. The van der Waals surface area contributed by atoms with Gasteiger partial charge in [-0.2, -0.15) is 0 Å². The summed E-state index contributed by atoms with van der Waals surface area (Å²) in [6.07, 6.45) is 10.4. The zero-order chi connectivity index (χ0) is 13.7. The van der Waals surface area contributed by atoms with E-state index in [0.29, 0.717) is 11.9 Å². The number of alkyl halides is 1. The molecule has 0 aliphatic heterocycles. The summed E-state index contributed by atoms with van der Waals surface area (Å²) >= 11 is 6.08. The van der Waals surface area contributed by atoms with Gasteiger partial charge >= 0.3 is 0 Å². The molecule has 1 aliphatic carbocycles. The van der Waals surface area contributed by atoms with Gasteiger partial charge in [0.05, 0.1) is 5.88 Å². The van der Waals surface area contributed by atoms with Crippen LogP contribution >= 0.6 is 11.6 Å². The molecule has 0 spiro atoms. The number of anilines is 1. The van der Waals surface area contributed by atoms with E-state index in [2.05, 4.69) is 29.8 Å². The van der Waals surface area contributed by atoms with Gasteiger partial charge in [0.2, 0.25) is 0 Å². The van der Waals surface area contributed by atoms with Crippen molar-refractivity contribution in [1.29, 1.82) is 0 Å². The molecule has 1 aromatic heterocycles. The summed E-state index contributed by atoms with van der Waals surface area (Å²) in [6, 6.07) is 2.83. The van der Waals surface area contributed by atoms with Gasteiger partial charge in [0.15, 0.2) is 0 Å². The number of hydrogen-bond donors (Lipinski definition) is 0. The van der Waals surface area contributed by atoms with Gasteiger partial charge in [-0.15, -0.1) is 11.6 Å². The molecule has 0 aromatic carbocycles. The second-order valence-electron chi connectivity index (χ2n) is 5.95. The number of rotatable bonds is 6. The summed E-state index contributed by atoms with van der Waals surface area (Å²) in [5, 5.41) is 0. The number of nitrogens with zero attached hydrogens (tertiary/aromatic N) is 2.